The molecule has 2 aromatic rings. The van der Waals surface area contributed by atoms with Crippen LogP contribution in [0.5, 0.6) is 0 Å². The number of nitrogens with one attached hydrogen (secondary N) is 2. The number of anilines is 1. The van der Waals surface area contributed by atoms with Gasteiger partial charge in [-0.1, -0.05) is 35.3 Å². The van der Waals surface area contributed by atoms with Crippen LogP contribution in [0.3, 0.4) is 0 Å². The van der Waals surface area contributed by atoms with Crippen molar-refractivity contribution in [2.45, 2.75) is 6.92 Å². The summed E-state index contributed by atoms with van der Waals surface area (Å²) in [7, 11) is 0. The smallest absolute Gasteiger partial charge is 0.318 e. The third kappa shape index (κ3) is 5.04. The third-order valence-electron chi connectivity index (χ3n) is 2.91. The van der Waals surface area contributed by atoms with Crippen molar-refractivity contribution >= 4 is 46.4 Å². The molecule has 0 saturated carbocycles. The lowest BCUT2D eigenvalue weighted by Crippen LogP contribution is -2.32. The van der Waals surface area contributed by atoms with Crippen LogP contribution in [-0.4, -0.2) is 17.5 Å². The van der Waals surface area contributed by atoms with Crippen molar-refractivity contribution < 1.29 is 14.0 Å². The van der Waals surface area contributed by atoms with Crippen molar-refractivity contribution in [3.63, 3.8) is 0 Å². The molecule has 0 spiro atoms. The van der Waals surface area contributed by atoms with E-state index < -0.39 is 11.8 Å². The second-order valence-electron chi connectivity index (χ2n) is 4.76. The van der Waals surface area contributed by atoms with E-state index in [0.717, 1.165) is 0 Å². The SMILES string of the molecule is C/C(=N\NC(=O)C(=O)Nc1cc(Cl)cc(Cl)c1)c1ccc(F)cc1. The number of carbonyl (C=O) groups excluding carboxylic acids is 2. The standard InChI is InChI=1S/C16H12Cl2FN3O2/c1-9(10-2-4-13(19)5-3-10)21-22-16(24)15(23)20-14-7-11(17)6-12(18)8-14/h2-8H,1H3,(H,20,23)(H,22,24)/b21-9+. The van der Waals surface area contributed by atoms with Crippen LogP contribution in [0.1, 0.15) is 12.5 Å². The first kappa shape index (κ1) is 17.9. The summed E-state index contributed by atoms with van der Waals surface area (Å²) < 4.78 is 12.9. The number of nitrogens with zero attached hydrogens (tertiary/aromatic N) is 1. The Labute approximate surface area is 147 Å². The number of benzene rings is 2. The summed E-state index contributed by atoms with van der Waals surface area (Å²) >= 11 is 11.6. The van der Waals surface area contributed by atoms with Crippen LogP contribution in [0.15, 0.2) is 47.6 Å². The molecular weight excluding hydrogens is 356 g/mol. The maximum atomic E-state index is 12.9. The average molecular weight is 368 g/mol. The normalized spacial score (nSPS) is 11.1. The topological polar surface area (TPSA) is 70.6 Å². The fourth-order valence-electron chi connectivity index (χ4n) is 1.75. The van der Waals surface area contributed by atoms with Crippen LogP contribution in [-0.2, 0) is 9.59 Å². The van der Waals surface area contributed by atoms with Gasteiger partial charge in [0.2, 0.25) is 0 Å². The van der Waals surface area contributed by atoms with Gasteiger partial charge in [0.25, 0.3) is 0 Å². The van der Waals surface area contributed by atoms with E-state index in [4.69, 9.17) is 23.2 Å². The van der Waals surface area contributed by atoms with E-state index >= 15 is 0 Å². The highest BCUT2D eigenvalue weighted by Gasteiger charge is 2.14. The largest absolute Gasteiger partial charge is 0.329 e. The lowest BCUT2D eigenvalue weighted by molar-refractivity contribution is -0.136. The molecule has 0 heterocycles. The van der Waals surface area contributed by atoms with Gasteiger partial charge in [-0.05, 0) is 42.8 Å². The summed E-state index contributed by atoms with van der Waals surface area (Å²) in [6, 6.07) is 9.95. The lowest BCUT2D eigenvalue weighted by Gasteiger charge is -2.06. The molecule has 2 aromatic carbocycles. The van der Waals surface area contributed by atoms with E-state index in [1.807, 2.05) is 0 Å². The second kappa shape index (κ2) is 7.90. The van der Waals surface area contributed by atoms with E-state index in [1.54, 1.807) is 6.92 Å². The number of carbonyl (C=O) groups is 2. The second-order valence-corrected chi connectivity index (χ2v) is 5.63. The van der Waals surface area contributed by atoms with Crippen LogP contribution in [0.25, 0.3) is 0 Å². The molecule has 2 N–H and O–H groups in total. The maximum Gasteiger partial charge on any atom is 0.329 e. The Morgan fingerprint density at radius 3 is 2.17 bits per heavy atom. The number of rotatable bonds is 3. The number of amides is 2. The fraction of sp³-hybridized carbons (Fsp3) is 0.0625. The van der Waals surface area contributed by atoms with Gasteiger partial charge in [0.05, 0.1) is 5.71 Å². The summed E-state index contributed by atoms with van der Waals surface area (Å²) in [4.78, 5) is 23.6. The highest BCUT2D eigenvalue weighted by Crippen LogP contribution is 2.22. The van der Waals surface area contributed by atoms with Crippen LogP contribution in [0, 0.1) is 5.82 Å². The Hall–Kier alpha value is -2.44. The predicted molar refractivity (Wildman–Crippen MR) is 91.8 cm³/mol. The highest BCUT2D eigenvalue weighted by atomic mass is 35.5. The summed E-state index contributed by atoms with van der Waals surface area (Å²) in [5.74, 6) is -2.27. The van der Waals surface area contributed by atoms with Gasteiger partial charge in [-0.15, -0.1) is 0 Å². The van der Waals surface area contributed by atoms with Crippen molar-refractivity contribution in [2.24, 2.45) is 5.10 Å². The van der Waals surface area contributed by atoms with Crippen molar-refractivity contribution in [3.8, 4) is 0 Å². The molecule has 0 aliphatic heterocycles. The van der Waals surface area contributed by atoms with Gasteiger partial charge in [0.15, 0.2) is 0 Å². The number of hydrogen-bond donors (Lipinski definition) is 2. The minimum absolute atomic E-state index is 0.284. The third-order valence-corrected chi connectivity index (χ3v) is 3.35. The molecule has 0 aliphatic carbocycles. The molecule has 24 heavy (non-hydrogen) atoms. The summed E-state index contributed by atoms with van der Waals surface area (Å²) in [6.45, 7) is 1.61. The van der Waals surface area contributed by atoms with Crippen LogP contribution >= 0.6 is 23.2 Å². The van der Waals surface area contributed by atoms with Crippen LogP contribution < -0.4 is 10.7 Å². The van der Waals surface area contributed by atoms with Gasteiger partial charge in [-0.25, -0.2) is 9.82 Å². The zero-order chi connectivity index (χ0) is 17.7. The monoisotopic (exact) mass is 367 g/mol. The Bertz CT molecular complexity index is 787. The molecular formula is C16H12Cl2FN3O2. The van der Waals surface area contributed by atoms with Crippen molar-refractivity contribution in [1.82, 2.24) is 5.43 Å². The molecule has 0 radical (unpaired) electrons. The van der Waals surface area contributed by atoms with Crippen LogP contribution in [0.2, 0.25) is 10.0 Å². The van der Waals surface area contributed by atoms with Crippen LogP contribution in [0.4, 0.5) is 10.1 Å². The molecule has 0 aromatic heterocycles. The van der Waals surface area contributed by atoms with Gasteiger partial charge in [0, 0.05) is 15.7 Å². The Kier molecular flexibility index (Phi) is 5.89. The van der Waals surface area contributed by atoms with Gasteiger partial charge < -0.3 is 5.32 Å². The molecule has 5 nitrogen and oxygen atoms in total. The molecule has 0 saturated heterocycles. The van der Waals surface area contributed by atoms with Crippen molar-refractivity contribution in [2.75, 3.05) is 5.32 Å². The first-order chi connectivity index (χ1) is 11.3. The van der Waals surface area contributed by atoms with E-state index in [-0.39, 0.29) is 11.5 Å². The van der Waals surface area contributed by atoms with Gasteiger partial charge in [0.1, 0.15) is 5.82 Å². The van der Waals surface area contributed by atoms with Gasteiger partial charge >= 0.3 is 11.8 Å². The van der Waals surface area contributed by atoms with Gasteiger partial charge in [-0.2, -0.15) is 5.10 Å². The molecule has 8 heteroatoms. The molecule has 0 fully saturated rings. The molecule has 124 valence electrons. The molecule has 0 bridgehead atoms. The van der Waals surface area contributed by atoms with E-state index in [9.17, 15) is 14.0 Å². The summed E-state index contributed by atoms with van der Waals surface area (Å²) in [5, 5.41) is 6.80. The molecule has 0 atom stereocenters. The first-order valence-corrected chi connectivity index (χ1v) is 7.48. The molecule has 2 amide bonds. The maximum absolute atomic E-state index is 12.9. The number of halogens is 3. The molecule has 0 aliphatic rings. The van der Waals surface area contributed by atoms with Crippen molar-refractivity contribution in [1.29, 1.82) is 0 Å². The van der Waals surface area contributed by atoms with E-state index in [2.05, 4.69) is 15.8 Å². The van der Waals surface area contributed by atoms with E-state index in [0.29, 0.717) is 21.3 Å². The summed E-state index contributed by atoms with van der Waals surface area (Å²) in [5.41, 5.74) is 3.43. The Morgan fingerprint density at radius 2 is 1.58 bits per heavy atom. The minimum atomic E-state index is -0.965. The van der Waals surface area contributed by atoms with Crippen molar-refractivity contribution in [3.05, 3.63) is 63.9 Å². The average Bonchev–Trinajstić information content (AvgIpc) is 2.51. The zero-order valence-corrected chi connectivity index (χ0v) is 14.0. The number of hydrogen-bond acceptors (Lipinski definition) is 3. The lowest BCUT2D eigenvalue weighted by atomic mass is 10.1. The minimum Gasteiger partial charge on any atom is -0.318 e. The number of hydrazone groups is 1. The zero-order valence-electron chi connectivity index (χ0n) is 12.4. The quantitative estimate of drug-likeness (QED) is 0.494. The Balaban J connectivity index is 1.99. The molecule has 0 unspecified atom stereocenters. The Morgan fingerprint density at radius 1 is 1.00 bits per heavy atom. The fourth-order valence-corrected chi connectivity index (χ4v) is 2.28. The van der Waals surface area contributed by atoms with Gasteiger partial charge in [-0.3, -0.25) is 9.59 Å². The molecule has 2 rings (SSSR count). The van der Waals surface area contributed by atoms with E-state index in [1.165, 1.54) is 42.5 Å². The predicted octanol–water partition coefficient (Wildman–Crippen LogP) is 3.61. The highest BCUT2D eigenvalue weighted by molar-refractivity contribution is 6.40. The summed E-state index contributed by atoms with van der Waals surface area (Å²) in [6.07, 6.45) is 0. The first-order valence-electron chi connectivity index (χ1n) is 6.73.